The van der Waals surface area contributed by atoms with Gasteiger partial charge in [0.2, 0.25) is 0 Å². The molecule has 1 aliphatic rings. The Hall–Kier alpha value is -1.30. The van der Waals surface area contributed by atoms with E-state index in [1.807, 2.05) is 0 Å². The summed E-state index contributed by atoms with van der Waals surface area (Å²) in [6, 6.07) is 5.20. The highest BCUT2D eigenvalue weighted by Gasteiger charge is 2.30. The van der Waals surface area contributed by atoms with Crippen molar-refractivity contribution in [1.82, 2.24) is 5.32 Å². The van der Waals surface area contributed by atoms with E-state index in [2.05, 4.69) is 5.32 Å². The van der Waals surface area contributed by atoms with Crippen LogP contribution in [0.1, 0.15) is 25.3 Å². The highest BCUT2D eigenvalue weighted by molar-refractivity contribution is 6.35. The van der Waals surface area contributed by atoms with Gasteiger partial charge in [-0.2, -0.15) is 0 Å². The molecule has 1 aliphatic heterocycles. The van der Waals surface area contributed by atoms with Crippen molar-refractivity contribution in [3.8, 4) is 0 Å². The largest absolute Gasteiger partial charge is 0.466 e. The Morgan fingerprint density at radius 3 is 2.88 bits per heavy atom. The van der Waals surface area contributed by atoms with E-state index in [0.717, 1.165) is 29.8 Å². The number of likely N-dealkylation sites (tertiary alicyclic amines) is 1. The number of amides is 1. The molecular weight excluding hydrogens is 351 g/mol. The molecule has 1 aromatic carbocycles. The standard InChI is InChI=1S/C17H22Cl2N2O3/c1-2-24-17(23)13-4-3-7-21(10-13)11-16(22)20-9-12-5-6-14(18)8-15(12)19/h5-6,8,13H,2-4,7,9-11H2,1H3,(H,20,22)/p+1/t13-/m1/s1. The second-order valence-corrected chi connectivity index (χ2v) is 6.83. The van der Waals surface area contributed by atoms with E-state index in [0.29, 0.717) is 36.3 Å². The van der Waals surface area contributed by atoms with Gasteiger partial charge in [-0.25, -0.2) is 0 Å². The Kier molecular flexibility index (Phi) is 7.34. The monoisotopic (exact) mass is 373 g/mol. The highest BCUT2D eigenvalue weighted by Crippen LogP contribution is 2.20. The molecule has 24 heavy (non-hydrogen) atoms. The van der Waals surface area contributed by atoms with Gasteiger partial charge in [-0.1, -0.05) is 29.3 Å². The Bertz CT molecular complexity index is 595. The van der Waals surface area contributed by atoms with Gasteiger partial charge in [0.1, 0.15) is 5.92 Å². The molecule has 1 heterocycles. The van der Waals surface area contributed by atoms with Crippen LogP contribution in [0.25, 0.3) is 0 Å². The fraction of sp³-hybridized carbons (Fsp3) is 0.529. The summed E-state index contributed by atoms with van der Waals surface area (Å²) in [5.74, 6) is -0.309. The first-order valence-electron chi connectivity index (χ1n) is 8.20. The van der Waals surface area contributed by atoms with Crippen molar-refractivity contribution in [3.05, 3.63) is 33.8 Å². The minimum atomic E-state index is -0.150. The van der Waals surface area contributed by atoms with E-state index in [1.54, 1.807) is 25.1 Å². The molecule has 1 aromatic rings. The van der Waals surface area contributed by atoms with Crippen molar-refractivity contribution in [3.63, 3.8) is 0 Å². The Labute approximate surface area is 152 Å². The fourth-order valence-electron chi connectivity index (χ4n) is 2.92. The molecule has 1 amide bonds. The van der Waals surface area contributed by atoms with E-state index < -0.39 is 0 Å². The summed E-state index contributed by atoms with van der Waals surface area (Å²) in [4.78, 5) is 25.1. The first kappa shape index (κ1) is 19.0. The minimum absolute atomic E-state index is 0.0551. The number of ether oxygens (including phenoxy) is 1. The molecule has 2 N–H and O–H groups in total. The summed E-state index contributed by atoms with van der Waals surface area (Å²) in [7, 11) is 0. The van der Waals surface area contributed by atoms with Crippen molar-refractivity contribution < 1.29 is 19.2 Å². The predicted molar refractivity (Wildman–Crippen MR) is 93.2 cm³/mol. The summed E-state index contributed by atoms with van der Waals surface area (Å²) < 4.78 is 5.08. The number of esters is 1. The smallest absolute Gasteiger partial charge is 0.314 e. The predicted octanol–water partition coefficient (Wildman–Crippen LogP) is 1.47. The lowest BCUT2D eigenvalue weighted by molar-refractivity contribution is -0.899. The average Bonchev–Trinajstić information content (AvgIpc) is 2.54. The van der Waals surface area contributed by atoms with Crippen molar-refractivity contribution in [2.45, 2.75) is 26.3 Å². The molecule has 1 unspecified atom stereocenters. The first-order chi connectivity index (χ1) is 11.5. The topological polar surface area (TPSA) is 59.8 Å². The SMILES string of the molecule is CCOC(=O)[C@@H]1CCC[NH+](CC(=O)NCc2ccc(Cl)cc2Cl)C1. The van der Waals surface area contributed by atoms with Gasteiger partial charge in [-0.3, -0.25) is 9.59 Å². The molecule has 0 spiro atoms. The third-order valence-electron chi connectivity index (χ3n) is 4.14. The van der Waals surface area contributed by atoms with Crippen LogP contribution in [0.15, 0.2) is 18.2 Å². The van der Waals surface area contributed by atoms with E-state index in [1.165, 1.54) is 0 Å². The van der Waals surface area contributed by atoms with E-state index in [4.69, 9.17) is 27.9 Å². The third-order valence-corrected chi connectivity index (χ3v) is 4.73. The molecule has 2 rings (SSSR count). The van der Waals surface area contributed by atoms with Crippen molar-refractivity contribution in [2.75, 3.05) is 26.2 Å². The molecule has 1 saturated heterocycles. The van der Waals surface area contributed by atoms with Gasteiger partial charge in [0.05, 0.1) is 19.7 Å². The molecule has 0 aliphatic carbocycles. The zero-order valence-corrected chi connectivity index (χ0v) is 15.3. The van der Waals surface area contributed by atoms with Gasteiger partial charge >= 0.3 is 5.97 Å². The first-order valence-corrected chi connectivity index (χ1v) is 8.96. The quantitative estimate of drug-likeness (QED) is 0.742. The van der Waals surface area contributed by atoms with Gasteiger partial charge < -0.3 is 15.0 Å². The molecule has 0 aromatic heterocycles. The fourth-order valence-corrected chi connectivity index (χ4v) is 3.40. The van der Waals surface area contributed by atoms with Crippen LogP contribution >= 0.6 is 23.2 Å². The average molecular weight is 374 g/mol. The number of carbonyl (C=O) groups excluding carboxylic acids is 2. The van der Waals surface area contributed by atoms with E-state index in [9.17, 15) is 9.59 Å². The van der Waals surface area contributed by atoms with Crippen LogP contribution in [0, 0.1) is 5.92 Å². The van der Waals surface area contributed by atoms with Crippen molar-refractivity contribution in [2.24, 2.45) is 5.92 Å². The van der Waals surface area contributed by atoms with Gasteiger partial charge in [-0.15, -0.1) is 0 Å². The maximum Gasteiger partial charge on any atom is 0.314 e. The lowest BCUT2D eigenvalue weighted by Gasteiger charge is -2.28. The van der Waals surface area contributed by atoms with Crippen LogP contribution < -0.4 is 10.2 Å². The molecule has 7 heteroatoms. The van der Waals surface area contributed by atoms with Gasteiger partial charge in [0.15, 0.2) is 6.54 Å². The second-order valence-electron chi connectivity index (χ2n) is 5.98. The maximum atomic E-state index is 12.1. The lowest BCUT2D eigenvalue weighted by atomic mass is 9.98. The second kappa shape index (κ2) is 9.25. The summed E-state index contributed by atoms with van der Waals surface area (Å²) in [6.07, 6.45) is 1.76. The number of benzene rings is 1. The molecule has 0 bridgehead atoms. The summed E-state index contributed by atoms with van der Waals surface area (Å²) >= 11 is 12.0. The van der Waals surface area contributed by atoms with Gasteiger partial charge in [0, 0.05) is 16.6 Å². The number of quaternary nitrogens is 1. The minimum Gasteiger partial charge on any atom is -0.466 e. The summed E-state index contributed by atoms with van der Waals surface area (Å²) in [6.45, 7) is 4.46. The number of carbonyl (C=O) groups is 2. The molecule has 132 valence electrons. The highest BCUT2D eigenvalue weighted by atomic mass is 35.5. The number of piperidine rings is 1. The Morgan fingerprint density at radius 2 is 2.17 bits per heavy atom. The number of halogens is 2. The van der Waals surface area contributed by atoms with Crippen LogP contribution in [-0.4, -0.2) is 38.1 Å². The zero-order valence-electron chi connectivity index (χ0n) is 13.7. The molecule has 2 atom stereocenters. The van der Waals surface area contributed by atoms with Gasteiger partial charge in [0.25, 0.3) is 5.91 Å². The van der Waals surface area contributed by atoms with E-state index in [-0.39, 0.29) is 17.8 Å². The lowest BCUT2D eigenvalue weighted by Crippen LogP contribution is -3.14. The Morgan fingerprint density at radius 1 is 1.38 bits per heavy atom. The van der Waals surface area contributed by atoms with Crippen LogP contribution in [0.5, 0.6) is 0 Å². The van der Waals surface area contributed by atoms with Crippen LogP contribution in [0.3, 0.4) is 0 Å². The molecular formula is C17H23Cl2N2O3+. The third kappa shape index (κ3) is 5.65. The number of hydrogen-bond acceptors (Lipinski definition) is 3. The molecule has 0 saturated carbocycles. The van der Waals surface area contributed by atoms with E-state index >= 15 is 0 Å². The summed E-state index contributed by atoms with van der Waals surface area (Å²) in [5.41, 5.74) is 0.826. The number of rotatable bonds is 6. The number of hydrogen-bond donors (Lipinski definition) is 2. The summed E-state index contributed by atoms with van der Waals surface area (Å²) in [5, 5.41) is 3.98. The maximum absolute atomic E-state index is 12.1. The zero-order chi connectivity index (χ0) is 17.5. The molecule has 0 radical (unpaired) electrons. The normalized spacial score (nSPS) is 20.5. The number of nitrogens with one attached hydrogen (secondary N) is 2. The van der Waals surface area contributed by atoms with Crippen LogP contribution in [-0.2, 0) is 20.9 Å². The van der Waals surface area contributed by atoms with Crippen LogP contribution in [0.4, 0.5) is 0 Å². The molecule has 1 fully saturated rings. The van der Waals surface area contributed by atoms with Gasteiger partial charge in [-0.05, 0) is 37.5 Å². The molecule has 5 nitrogen and oxygen atoms in total. The van der Waals surface area contributed by atoms with Crippen LogP contribution in [0.2, 0.25) is 10.0 Å². The Balaban J connectivity index is 1.80. The van der Waals surface area contributed by atoms with Crippen molar-refractivity contribution >= 4 is 35.1 Å². The van der Waals surface area contributed by atoms with Crippen molar-refractivity contribution in [1.29, 1.82) is 0 Å².